The molecule has 5 nitrogen and oxygen atoms in total. The number of aryl methyl sites for hydroxylation is 2. The first-order valence-electron chi connectivity index (χ1n) is 8.17. The van der Waals surface area contributed by atoms with Gasteiger partial charge in [0, 0.05) is 24.1 Å². The first kappa shape index (κ1) is 16.9. The van der Waals surface area contributed by atoms with Crippen molar-refractivity contribution in [3.8, 4) is 11.3 Å². The molecule has 0 spiro atoms. The van der Waals surface area contributed by atoms with E-state index in [9.17, 15) is 4.79 Å². The van der Waals surface area contributed by atoms with Crippen LogP contribution >= 0.6 is 0 Å². The number of hydrogen-bond donors (Lipinski definition) is 2. The molecule has 2 aromatic carbocycles. The molecule has 0 unspecified atom stereocenters. The third-order valence-electron chi connectivity index (χ3n) is 3.84. The molecule has 3 rings (SSSR count). The zero-order valence-electron chi connectivity index (χ0n) is 14.0. The predicted molar refractivity (Wildman–Crippen MR) is 96.0 cm³/mol. The Bertz CT molecular complexity index is 856. The molecule has 0 atom stereocenters. The van der Waals surface area contributed by atoms with Gasteiger partial charge >= 0.3 is 0 Å². The van der Waals surface area contributed by atoms with Crippen molar-refractivity contribution in [2.45, 2.75) is 26.4 Å². The number of rotatable bonds is 6. The first-order chi connectivity index (χ1) is 12.2. The SMILES string of the molecule is Cc1nc(CCC(=O)Nc2cccc(CO)c2)oc1-c1ccccc1. The average Bonchev–Trinajstić information content (AvgIpc) is 3.01. The molecule has 0 aliphatic carbocycles. The predicted octanol–water partition coefficient (Wildman–Crippen LogP) is 3.71. The molecule has 1 amide bonds. The van der Waals surface area contributed by atoms with Crippen molar-refractivity contribution >= 4 is 11.6 Å². The minimum Gasteiger partial charge on any atom is -0.440 e. The van der Waals surface area contributed by atoms with E-state index in [1.807, 2.05) is 37.3 Å². The quantitative estimate of drug-likeness (QED) is 0.719. The summed E-state index contributed by atoms with van der Waals surface area (Å²) in [6.07, 6.45) is 0.705. The Balaban J connectivity index is 1.61. The number of nitrogens with one attached hydrogen (secondary N) is 1. The zero-order valence-corrected chi connectivity index (χ0v) is 14.0. The topological polar surface area (TPSA) is 75.4 Å². The molecular formula is C20H20N2O3. The van der Waals surface area contributed by atoms with Gasteiger partial charge in [-0.05, 0) is 24.6 Å². The van der Waals surface area contributed by atoms with Crippen LogP contribution in [0.1, 0.15) is 23.6 Å². The van der Waals surface area contributed by atoms with Crippen LogP contribution in [-0.4, -0.2) is 16.0 Å². The fourth-order valence-corrected chi connectivity index (χ4v) is 2.61. The number of carbonyl (C=O) groups excluding carboxylic acids is 1. The highest BCUT2D eigenvalue weighted by molar-refractivity contribution is 5.90. The summed E-state index contributed by atoms with van der Waals surface area (Å²) < 4.78 is 5.81. The van der Waals surface area contributed by atoms with E-state index in [4.69, 9.17) is 9.52 Å². The van der Waals surface area contributed by atoms with Crippen LogP contribution in [0.25, 0.3) is 11.3 Å². The molecule has 25 heavy (non-hydrogen) atoms. The lowest BCUT2D eigenvalue weighted by Crippen LogP contribution is -2.12. The second-order valence-corrected chi connectivity index (χ2v) is 5.79. The molecule has 0 fully saturated rings. The Morgan fingerprint density at radius 2 is 1.96 bits per heavy atom. The summed E-state index contributed by atoms with van der Waals surface area (Å²) in [5.74, 6) is 1.18. The van der Waals surface area contributed by atoms with E-state index in [1.54, 1.807) is 24.3 Å². The first-order valence-corrected chi connectivity index (χ1v) is 8.17. The van der Waals surface area contributed by atoms with Crippen LogP contribution in [0.4, 0.5) is 5.69 Å². The Morgan fingerprint density at radius 3 is 2.72 bits per heavy atom. The van der Waals surface area contributed by atoms with E-state index in [0.717, 1.165) is 22.6 Å². The van der Waals surface area contributed by atoms with Crippen LogP contribution in [0.15, 0.2) is 59.0 Å². The third-order valence-corrected chi connectivity index (χ3v) is 3.84. The molecule has 5 heteroatoms. The van der Waals surface area contributed by atoms with Crippen molar-refractivity contribution in [3.63, 3.8) is 0 Å². The van der Waals surface area contributed by atoms with Crippen LogP contribution in [-0.2, 0) is 17.8 Å². The number of carbonyl (C=O) groups is 1. The number of nitrogens with zero attached hydrogens (tertiary/aromatic N) is 1. The van der Waals surface area contributed by atoms with Gasteiger partial charge in [-0.3, -0.25) is 4.79 Å². The number of anilines is 1. The second kappa shape index (κ2) is 7.77. The average molecular weight is 336 g/mol. The molecule has 0 radical (unpaired) electrons. The molecule has 2 N–H and O–H groups in total. The van der Waals surface area contributed by atoms with Gasteiger partial charge in [-0.25, -0.2) is 4.98 Å². The van der Waals surface area contributed by atoms with Gasteiger partial charge in [0.15, 0.2) is 11.7 Å². The van der Waals surface area contributed by atoms with Gasteiger partial charge < -0.3 is 14.8 Å². The van der Waals surface area contributed by atoms with Crippen LogP contribution in [0.3, 0.4) is 0 Å². The number of oxazole rings is 1. The highest BCUT2D eigenvalue weighted by Gasteiger charge is 2.13. The molecule has 0 bridgehead atoms. The van der Waals surface area contributed by atoms with Crippen molar-refractivity contribution in [1.82, 2.24) is 4.98 Å². The van der Waals surface area contributed by atoms with E-state index >= 15 is 0 Å². The van der Waals surface area contributed by atoms with Gasteiger partial charge in [-0.15, -0.1) is 0 Å². The van der Waals surface area contributed by atoms with Crippen LogP contribution in [0.5, 0.6) is 0 Å². The molecule has 0 aliphatic heterocycles. The lowest BCUT2D eigenvalue weighted by atomic mass is 10.1. The van der Waals surface area contributed by atoms with Crippen LogP contribution < -0.4 is 5.32 Å². The minimum atomic E-state index is -0.118. The maximum Gasteiger partial charge on any atom is 0.224 e. The van der Waals surface area contributed by atoms with E-state index in [2.05, 4.69) is 10.3 Å². The summed E-state index contributed by atoms with van der Waals surface area (Å²) in [5.41, 5.74) is 3.22. The van der Waals surface area contributed by atoms with Crippen molar-refractivity contribution in [2.24, 2.45) is 0 Å². The fourth-order valence-electron chi connectivity index (χ4n) is 2.61. The summed E-state index contributed by atoms with van der Waals surface area (Å²) in [5, 5.41) is 12.0. The normalized spacial score (nSPS) is 10.6. The number of aromatic nitrogens is 1. The smallest absolute Gasteiger partial charge is 0.224 e. The maximum atomic E-state index is 12.1. The highest BCUT2D eigenvalue weighted by atomic mass is 16.4. The van der Waals surface area contributed by atoms with Gasteiger partial charge in [-0.2, -0.15) is 0 Å². The summed E-state index contributed by atoms with van der Waals surface area (Å²) >= 11 is 0. The van der Waals surface area contributed by atoms with Crippen molar-refractivity contribution < 1.29 is 14.3 Å². The lowest BCUT2D eigenvalue weighted by molar-refractivity contribution is -0.116. The van der Waals surface area contributed by atoms with Gasteiger partial charge in [0.2, 0.25) is 5.91 Å². The number of benzene rings is 2. The summed E-state index contributed by atoms with van der Waals surface area (Å²) in [4.78, 5) is 16.5. The molecule has 128 valence electrons. The maximum absolute atomic E-state index is 12.1. The fraction of sp³-hybridized carbons (Fsp3) is 0.200. The standard InChI is InChI=1S/C20H20N2O3/c1-14-20(16-7-3-2-4-8-16)25-19(21-14)11-10-18(24)22-17-9-5-6-15(12-17)13-23/h2-9,12,23H,10-11,13H2,1H3,(H,22,24). The summed E-state index contributed by atoms with van der Waals surface area (Å²) in [7, 11) is 0. The minimum absolute atomic E-state index is 0.0540. The second-order valence-electron chi connectivity index (χ2n) is 5.79. The van der Waals surface area contributed by atoms with E-state index in [1.165, 1.54) is 0 Å². The Labute approximate surface area is 146 Å². The van der Waals surface area contributed by atoms with Gasteiger partial charge in [0.05, 0.1) is 12.3 Å². The number of aliphatic hydroxyl groups excluding tert-OH is 1. The van der Waals surface area contributed by atoms with Crippen LogP contribution in [0.2, 0.25) is 0 Å². The molecule has 1 aromatic heterocycles. The molecule has 0 saturated carbocycles. The zero-order chi connectivity index (χ0) is 17.6. The third kappa shape index (κ3) is 4.33. The number of hydrogen-bond acceptors (Lipinski definition) is 4. The Hall–Kier alpha value is -2.92. The highest BCUT2D eigenvalue weighted by Crippen LogP contribution is 2.24. The Morgan fingerprint density at radius 1 is 1.16 bits per heavy atom. The van der Waals surface area contributed by atoms with Gasteiger partial charge in [0.25, 0.3) is 0 Å². The van der Waals surface area contributed by atoms with Gasteiger partial charge in [-0.1, -0.05) is 42.5 Å². The molecule has 1 heterocycles. The number of aliphatic hydroxyl groups is 1. The van der Waals surface area contributed by atoms with E-state index in [0.29, 0.717) is 18.0 Å². The van der Waals surface area contributed by atoms with Crippen molar-refractivity contribution in [1.29, 1.82) is 0 Å². The molecule has 0 aliphatic rings. The Kier molecular flexibility index (Phi) is 5.26. The summed E-state index contributed by atoms with van der Waals surface area (Å²) in [6.45, 7) is 1.84. The lowest BCUT2D eigenvalue weighted by Gasteiger charge is -2.05. The van der Waals surface area contributed by atoms with Gasteiger partial charge in [0.1, 0.15) is 0 Å². The molecule has 3 aromatic rings. The summed E-state index contributed by atoms with van der Waals surface area (Å²) in [6, 6.07) is 16.9. The number of amides is 1. The van der Waals surface area contributed by atoms with Crippen LogP contribution in [0, 0.1) is 6.92 Å². The van der Waals surface area contributed by atoms with E-state index in [-0.39, 0.29) is 18.9 Å². The largest absolute Gasteiger partial charge is 0.440 e. The molecule has 0 saturated heterocycles. The van der Waals surface area contributed by atoms with E-state index < -0.39 is 0 Å². The monoisotopic (exact) mass is 336 g/mol. The van der Waals surface area contributed by atoms with Crippen molar-refractivity contribution in [2.75, 3.05) is 5.32 Å². The molecular weight excluding hydrogens is 316 g/mol. The van der Waals surface area contributed by atoms with Crippen molar-refractivity contribution in [3.05, 3.63) is 71.7 Å².